The fraction of sp³-hybridized carbons (Fsp3) is 0. The van der Waals surface area contributed by atoms with Crippen molar-refractivity contribution in [3.63, 3.8) is 0 Å². The van der Waals surface area contributed by atoms with Crippen LogP contribution >= 0.6 is 15.9 Å². The summed E-state index contributed by atoms with van der Waals surface area (Å²) in [6.07, 6.45) is 6.86. The van der Waals surface area contributed by atoms with E-state index < -0.39 is 0 Å². The molecule has 4 heterocycles. The lowest BCUT2D eigenvalue weighted by Gasteiger charge is -1.91. The van der Waals surface area contributed by atoms with Crippen molar-refractivity contribution in [2.24, 2.45) is 0 Å². The van der Waals surface area contributed by atoms with Gasteiger partial charge in [0.2, 0.25) is 5.89 Å². The van der Waals surface area contributed by atoms with E-state index in [2.05, 4.69) is 41.2 Å². The molecule has 0 atom stereocenters. The first kappa shape index (κ1) is 12.2. The molecule has 0 fully saturated rings. The van der Waals surface area contributed by atoms with Crippen molar-refractivity contribution in [2.75, 3.05) is 0 Å². The van der Waals surface area contributed by atoms with Crippen LogP contribution in [0.25, 0.3) is 28.7 Å². The molecular weight excluding hydrogens is 336 g/mol. The van der Waals surface area contributed by atoms with Gasteiger partial charge in [0.1, 0.15) is 0 Å². The van der Waals surface area contributed by atoms with Crippen LogP contribution in [0.1, 0.15) is 0 Å². The van der Waals surface area contributed by atoms with Gasteiger partial charge < -0.3 is 4.42 Å². The van der Waals surface area contributed by atoms with Gasteiger partial charge in [0.15, 0.2) is 11.3 Å². The van der Waals surface area contributed by atoms with Gasteiger partial charge in [-0.3, -0.25) is 4.98 Å². The maximum Gasteiger partial charge on any atom is 0.268 e. The fourth-order valence-corrected chi connectivity index (χ4v) is 2.19. The van der Waals surface area contributed by atoms with Crippen molar-refractivity contribution in [1.82, 2.24) is 29.8 Å². The number of hydrogen-bond donors (Lipinski definition) is 0. The third kappa shape index (κ3) is 2.19. The normalized spacial score (nSPS) is 11.1. The quantitative estimate of drug-likeness (QED) is 0.556. The molecule has 0 bridgehead atoms. The number of aromatic nitrogens is 6. The van der Waals surface area contributed by atoms with Gasteiger partial charge >= 0.3 is 0 Å². The Morgan fingerprint density at radius 2 is 1.90 bits per heavy atom. The van der Waals surface area contributed by atoms with Gasteiger partial charge in [-0.15, -0.1) is 10.2 Å². The lowest BCUT2D eigenvalue weighted by Crippen LogP contribution is -1.88. The van der Waals surface area contributed by atoms with Crippen molar-refractivity contribution in [2.45, 2.75) is 0 Å². The standard InChI is InChI=1S/C13H7BrN6O/c14-9-6-16-11-5-10(19-20(11)7-9)13-18-17-12(21-13)8-1-3-15-4-2-8/h1-7H. The van der Waals surface area contributed by atoms with E-state index in [0.717, 1.165) is 10.0 Å². The Balaban J connectivity index is 1.77. The summed E-state index contributed by atoms with van der Waals surface area (Å²) in [5.41, 5.74) is 2.10. The summed E-state index contributed by atoms with van der Waals surface area (Å²) >= 11 is 3.35. The number of hydrogen-bond acceptors (Lipinski definition) is 6. The lowest BCUT2D eigenvalue weighted by molar-refractivity contribution is 0.581. The highest BCUT2D eigenvalue weighted by Crippen LogP contribution is 2.23. The average molecular weight is 343 g/mol. The zero-order chi connectivity index (χ0) is 14.2. The zero-order valence-corrected chi connectivity index (χ0v) is 12.1. The molecule has 4 aromatic rings. The number of halogens is 1. The van der Waals surface area contributed by atoms with Crippen LogP contribution < -0.4 is 0 Å². The van der Waals surface area contributed by atoms with E-state index in [1.54, 1.807) is 41.3 Å². The molecule has 4 aromatic heterocycles. The van der Waals surface area contributed by atoms with E-state index in [4.69, 9.17) is 4.42 Å². The van der Waals surface area contributed by atoms with Crippen LogP contribution in [0.4, 0.5) is 0 Å². The van der Waals surface area contributed by atoms with Crippen LogP contribution in [0.5, 0.6) is 0 Å². The van der Waals surface area contributed by atoms with Crippen LogP contribution in [0.3, 0.4) is 0 Å². The Kier molecular flexibility index (Phi) is 2.74. The summed E-state index contributed by atoms with van der Waals surface area (Å²) in [5, 5.41) is 12.4. The molecule has 4 rings (SSSR count). The molecule has 0 aliphatic rings. The third-order valence-corrected chi connectivity index (χ3v) is 3.26. The minimum atomic E-state index is 0.350. The predicted octanol–water partition coefficient (Wildman–Crippen LogP) is 2.60. The summed E-state index contributed by atoms with van der Waals surface area (Å²) in [6, 6.07) is 5.40. The van der Waals surface area contributed by atoms with Gasteiger partial charge in [-0.1, -0.05) is 0 Å². The lowest BCUT2D eigenvalue weighted by atomic mass is 10.3. The van der Waals surface area contributed by atoms with E-state index in [0.29, 0.717) is 23.1 Å². The Hall–Kier alpha value is -2.61. The van der Waals surface area contributed by atoms with Crippen LogP contribution in [0.15, 0.2) is 51.9 Å². The SMILES string of the molecule is Brc1cnc2cc(-c3nnc(-c4ccncc4)o3)nn2c1. The monoisotopic (exact) mass is 342 g/mol. The molecule has 0 saturated heterocycles. The molecule has 0 aromatic carbocycles. The van der Waals surface area contributed by atoms with Gasteiger partial charge in [0, 0.05) is 36.4 Å². The molecule has 7 nitrogen and oxygen atoms in total. The minimum absolute atomic E-state index is 0.350. The topological polar surface area (TPSA) is 82.0 Å². The molecule has 0 radical (unpaired) electrons. The second-order valence-corrected chi connectivity index (χ2v) is 5.17. The summed E-state index contributed by atoms with van der Waals surface area (Å²) < 4.78 is 8.14. The Morgan fingerprint density at radius 1 is 1.10 bits per heavy atom. The van der Waals surface area contributed by atoms with Gasteiger partial charge in [-0.2, -0.15) is 5.10 Å². The van der Waals surface area contributed by atoms with E-state index >= 15 is 0 Å². The first-order valence-electron chi connectivity index (χ1n) is 6.05. The molecular formula is C13H7BrN6O. The largest absolute Gasteiger partial charge is 0.415 e. The third-order valence-electron chi connectivity index (χ3n) is 2.85. The molecule has 0 aliphatic heterocycles. The first-order valence-corrected chi connectivity index (χ1v) is 6.84. The molecule has 0 aliphatic carbocycles. The Labute approximate surface area is 126 Å². The highest BCUT2D eigenvalue weighted by molar-refractivity contribution is 9.10. The van der Waals surface area contributed by atoms with Crippen LogP contribution in [-0.4, -0.2) is 29.8 Å². The van der Waals surface area contributed by atoms with Crippen LogP contribution in [-0.2, 0) is 0 Å². The van der Waals surface area contributed by atoms with Crippen molar-refractivity contribution >= 4 is 21.6 Å². The van der Waals surface area contributed by atoms with E-state index in [1.807, 2.05) is 6.20 Å². The van der Waals surface area contributed by atoms with Crippen molar-refractivity contribution in [3.05, 3.63) is 47.5 Å². The number of rotatable bonds is 2. The molecule has 102 valence electrons. The second kappa shape index (κ2) is 4.74. The van der Waals surface area contributed by atoms with E-state index in [9.17, 15) is 0 Å². The molecule has 0 spiro atoms. The molecule has 0 amide bonds. The predicted molar refractivity (Wildman–Crippen MR) is 77.2 cm³/mol. The first-order chi connectivity index (χ1) is 10.3. The van der Waals surface area contributed by atoms with Crippen molar-refractivity contribution in [1.29, 1.82) is 0 Å². The van der Waals surface area contributed by atoms with E-state index in [1.165, 1.54) is 0 Å². The van der Waals surface area contributed by atoms with Crippen LogP contribution in [0.2, 0.25) is 0 Å². The number of nitrogens with zero attached hydrogens (tertiary/aromatic N) is 6. The highest BCUT2D eigenvalue weighted by Gasteiger charge is 2.14. The maximum atomic E-state index is 5.65. The minimum Gasteiger partial charge on any atom is -0.415 e. The van der Waals surface area contributed by atoms with Crippen molar-refractivity contribution in [3.8, 4) is 23.0 Å². The fourth-order valence-electron chi connectivity index (χ4n) is 1.90. The van der Waals surface area contributed by atoms with Gasteiger partial charge in [0.25, 0.3) is 5.89 Å². The zero-order valence-electron chi connectivity index (χ0n) is 10.5. The van der Waals surface area contributed by atoms with Gasteiger partial charge in [-0.05, 0) is 28.1 Å². The molecule has 21 heavy (non-hydrogen) atoms. The summed E-state index contributed by atoms with van der Waals surface area (Å²) in [5.74, 6) is 0.780. The summed E-state index contributed by atoms with van der Waals surface area (Å²) in [6.45, 7) is 0. The summed E-state index contributed by atoms with van der Waals surface area (Å²) in [4.78, 5) is 8.20. The van der Waals surface area contributed by atoms with Crippen molar-refractivity contribution < 1.29 is 4.42 Å². The maximum absolute atomic E-state index is 5.65. The second-order valence-electron chi connectivity index (χ2n) is 4.25. The number of pyridine rings is 1. The van der Waals surface area contributed by atoms with E-state index in [-0.39, 0.29) is 0 Å². The highest BCUT2D eigenvalue weighted by atomic mass is 79.9. The van der Waals surface area contributed by atoms with Crippen LogP contribution in [0, 0.1) is 0 Å². The summed E-state index contributed by atoms with van der Waals surface area (Å²) in [7, 11) is 0. The van der Waals surface area contributed by atoms with Gasteiger partial charge in [-0.25, -0.2) is 9.50 Å². The Bertz CT molecular complexity index is 917. The van der Waals surface area contributed by atoms with Gasteiger partial charge in [0.05, 0.1) is 4.47 Å². The average Bonchev–Trinajstić information content (AvgIpc) is 3.14. The Morgan fingerprint density at radius 3 is 2.76 bits per heavy atom. The molecule has 0 unspecified atom stereocenters. The smallest absolute Gasteiger partial charge is 0.268 e. The molecule has 8 heteroatoms. The number of fused-ring (bicyclic) bond motifs is 1. The molecule has 0 saturated carbocycles. The molecule has 0 N–H and O–H groups in total.